The quantitative estimate of drug-likeness (QED) is 0.371. The first-order chi connectivity index (χ1) is 17.7. The van der Waals surface area contributed by atoms with Gasteiger partial charge in [0.15, 0.2) is 11.5 Å². The minimum Gasteiger partial charge on any atom is -0.368 e. The number of benzene rings is 2. The summed E-state index contributed by atoms with van der Waals surface area (Å²) in [6.45, 7) is 3.50. The summed E-state index contributed by atoms with van der Waals surface area (Å²) in [4.78, 5) is 29.3. The van der Waals surface area contributed by atoms with Crippen molar-refractivity contribution < 1.29 is 9.59 Å². The van der Waals surface area contributed by atoms with Crippen LogP contribution in [0.4, 0.5) is 5.69 Å². The predicted octanol–water partition coefficient (Wildman–Crippen LogP) is 2.54. The van der Waals surface area contributed by atoms with E-state index in [2.05, 4.69) is 37.6 Å². The van der Waals surface area contributed by atoms with Gasteiger partial charge in [-0.15, -0.1) is 10.2 Å². The van der Waals surface area contributed by atoms with E-state index < -0.39 is 0 Å². The highest BCUT2D eigenvalue weighted by atomic mass is 32.2. The number of fused-ring (bicyclic) bond motifs is 1. The maximum absolute atomic E-state index is 12.8. The van der Waals surface area contributed by atoms with Crippen molar-refractivity contribution in [3.05, 3.63) is 84.2 Å². The van der Waals surface area contributed by atoms with Crippen molar-refractivity contribution in [2.75, 3.05) is 43.4 Å². The van der Waals surface area contributed by atoms with Gasteiger partial charge in [-0.2, -0.15) is 9.61 Å². The summed E-state index contributed by atoms with van der Waals surface area (Å²) in [5.74, 6) is 0.970. The molecule has 2 amide bonds. The lowest BCUT2D eigenvalue weighted by Crippen LogP contribution is -2.49. The fraction of sp³-hybridized carbons (Fsp3) is 0.269. The van der Waals surface area contributed by atoms with Gasteiger partial charge in [-0.1, -0.05) is 48.2 Å². The minimum atomic E-state index is -0.128. The highest BCUT2D eigenvalue weighted by Gasteiger charge is 2.21. The molecule has 1 N–H and O–H groups in total. The van der Waals surface area contributed by atoms with Crippen molar-refractivity contribution in [2.24, 2.45) is 0 Å². The van der Waals surface area contributed by atoms with Gasteiger partial charge in [0, 0.05) is 50.4 Å². The van der Waals surface area contributed by atoms with E-state index in [9.17, 15) is 9.59 Å². The number of rotatable bonds is 8. The Balaban J connectivity index is 1.13. The van der Waals surface area contributed by atoms with Gasteiger partial charge in [0.1, 0.15) is 5.03 Å². The summed E-state index contributed by atoms with van der Waals surface area (Å²) in [5, 5.41) is 16.6. The Hall–Kier alpha value is -3.92. The van der Waals surface area contributed by atoms with Crippen LogP contribution in [0.5, 0.6) is 0 Å². The van der Waals surface area contributed by atoms with E-state index in [1.165, 1.54) is 17.4 Å². The van der Waals surface area contributed by atoms with Crippen LogP contribution in [0.3, 0.4) is 0 Å². The van der Waals surface area contributed by atoms with Crippen LogP contribution in [0.2, 0.25) is 0 Å². The highest BCUT2D eigenvalue weighted by Crippen LogP contribution is 2.19. The molecule has 184 valence electrons. The maximum atomic E-state index is 12.8. The lowest BCUT2D eigenvalue weighted by Gasteiger charge is -2.36. The highest BCUT2D eigenvalue weighted by molar-refractivity contribution is 7.99. The number of thioether (sulfide) groups is 1. The molecule has 2 aromatic carbocycles. The molecule has 0 saturated carbocycles. The Morgan fingerprint density at radius 3 is 2.33 bits per heavy atom. The van der Waals surface area contributed by atoms with Gasteiger partial charge in [-0.05, 0) is 36.4 Å². The van der Waals surface area contributed by atoms with Crippen molar-refractivity contribution in [1.29, 1.82) is 0 Å². The fourth-order valence-electron chi connectivity index (χ4n) is 4.11. The van der Waals surface area contributed by atoms with Gasteiger partial charge < -0.3 is 15.1 Å². The summed E-state index contributed by atoms with van der Waals surface area (Å²) < 4.78 is 1.68. The zero-order chi connectivity index (χ0) is 24.7. The number of hydrogen-bond donors (Lipinski definition) is 1. The molecule has 5 rings (SSSR count). The van der Waals surface area contributed by atoms with E-state index >= 15 is 0 Å². The topological polar surface area (TPSA) is 95.7 Å². The van der Waals surface area contributed by atoms with Gasteiger partial charge in [0.2, 0.25) is 5.91 Å². The second-order valence-electron chi connectivity index (χ2n) is 8.42. The van der Waals surface area contributed by atoms with Gasteiger partial charge in [-0.3, -0.25) is 9.59 Å². The fourth-order valence-corrected chi connectivity index (χ4v) is 4.87. The Morgan fingerprint density at radius 2 is 1.58 bits per heavy atom. The average molecular weight is 502 g/mol. The number of para-hydroxylation sites is 1. The molecule has 1 aliphatic rings. The van der Waals surface area contributed by atoms with Crippen molar-refractivity contribution in [1.82, 2.24) is 30.0 Å². The summed E-state index contributed by atoms with van der Waals surface area (Å²) in [5.41, 5.74) is 2.44. The molecule has 1 fully saturated rings. The number of amides is 2. The van der Waals surface area contributed by atoms with Crippen LogP contribution in [0.15, 0.2) is 77.8 Å². The molecule has 0 atom stereocenters. The summed E-state index contributed by atoms with van der Waals surface area (Å²) >= 11 is 1.41. The van der Waals surface area contributed by atoms with E-state index in [-0.39, 0.29) is 11.8 Å². The summed E-state index contributed by atoms with van der Waals surface area (Å²) in [7, 11) is 0. The number of anilines is 1. The Morgan fingerprint density at radius 1 is 0.861 bits per heavy atom. The lowest BCUT2D eigenvalue weighted by atomic mass is 10.2. The average Bonchev–Trinajstić information content (AvgIpc) is 3.35. The first-order valence-electron chi connectivity index (χ1n) is 11.9. The first-order valence-corrected chi connectivity index (χ1v) is 12.9. The Kier molecular flexibility index (Phi) is 7.41. The third-order valence-corrected chi connectivity index (χ3v) is 6.98. The third-order valence-electron chi connectivity index (χ3n) is 6.07. The standard InChI is InChI=1S/C26H27N7O2S/c34-25(32-17-15-31(16-18-32)21-9-5-2-6-10-21)19-36-24-12-11-22-28-29-23(33(22)30-24)13-14-27-26(35)20-7-3-1-4-8-20/h1-12H,13-19H2,(H,27,35). The van der Waals surface area contributed by atoms with Crippen LogP contribution in [0.25, 0.3) is 5.65 Å². The molecule has 0 bridgehead atoms. The smallest absolute Gasteiger partial charge is 0.251 e. The van der Waals surface area contributed by atoms with Gasteiger partial charge >= 0.3 is 0 Å². The molecule has 10 heteroatoms. The molecule has 0 unspecified atom stereocenters. The van der Waals surface area contributed by atoms with Crippen molar-refractivity contribution >= 4 is 34.9 Å². The maximum Gasteiger partial charge on any atom is 0.251 e. The molecule has 0 aliphatic carbocycles. The molecule has 1 aliphatic heterocycles. The van der Waals surface area contributed by atoms with E-state index in [0.29, 0.717) is 48.8 Å². The Bertz CT molecular complexity index is 1320. The third kappa shape index (κ3) is 5.65. The number of carbonyl (C=O) groups is 2. The monoisotopic (exact) mass is 501 g/mol. The summed E-state index contributed by atoms with van der Waals surface area (Å²) in [6, 6.07) is 23.1. The molecule has 4 aromatic rings. The minimum absolute atomic E-state index is 0.113. The van der Waals surface area contributed by atoms with Crippen LogP contribution in [-0.4, -0.2) is 75.0 Å². The van der Waals surface area contributed by atoms with Gasteiger partial charge in [-0.25, -0.2) is 0 Å². The number of nitrogens with one attached hydrogen (secondary N) is 1. The molecule has 0 spiro atoms. The second-order valence-corrected chi connectivity index (χ2v) is 9.42. The number of piperazine rings is 1. The number of nitrogens with zero attached hydrogens (tertiary/aromatic N) is 6. The second kappa shape index (κ2) is 11.2. The molecule has 2 aromatic heterocycles. The Labute approximate surface area is 213 Å². The lowest BCUT2D eigenvalue weighted by molar-refractivity contribution is -0.128. The summed E-state index contributed by atoms with van der Waals surface area (Å²) in [6.07, 6.45) is 0.492. The number of carbonyl (C=O) groups excluding carboxylic acids is 2. The predicted molar refractivity (Wildman–Crippen MR) is 139 cm³/mol. The van der Waals surface area contributed by atoms with Gasteiger partial charge in [0.25, 0.3) is 5.91 Å². The molecule has 0 radical (unpaired) electrons. The van der Waals surface area contributed by atoms with Crippen LogP contribution >= 0.6 is 11.8 Å². The van der Waals surface area contributed by atoms with Crippen LogP contribution in [-0.2, 0) is 11.2 Å². The largest absolute Gasteiger partial charge is 0.368 e. The number of aromatic nitrogens is 4. The van der Waals surface area contributed by atoms with E-state index in [1.807, 2.05) is 53.4 Å². The van der Waals surface area contributed by atoms with Crippen LogP contribution in [0, 0.1) is 0 Å². The molecule has 1 saturated heterocycles. The molecule has 9 nitrogen and oxygen atoms in total. The van der Waals surface area contributed by atoms with Crippen LogP contribution < -0.4 is 10.2 Å². The van der Waals surface area contributed by atoms with Crippen molar-refractivity contribution in [2.45, 2.75) is 11.4 Å². The zero-order valence-corrected chi connectivity index (χ0v) is 20.6. The van der Waals surface area contributed by atoms with Crippen molar-refractivity contribution in [3.63, 3.8) is 0 Å². The van der Waals surface area contributed by atoms with Gasteiger partial charge in [0.05, 0.1) is 5.75 Å². The molecule has 3 heterocycles. The molecule has 36 heavy (non-hydrogen) atoms. The van der Waals surface area contributed by atoms with Crippen molar-refractivity contribution in [3.8, 4) is 0 Å². The van der Waals surface area contributed by atoms with E-state index in [4.69, 9.17) is 0 Å². The first kappa shape index (κ1) is 23.8. The number of hydrogen-bond acceptors (Lipinski definition) is 7. The normalized spacial score (nSPS) is 13.7. The molecular weight excluding hydrogens is 474 g/mol. The van der Waals surface area contributed by atoms with E-state index in [0.717, 1.165) is 18.1 Å². The molecular formula is C26H27N7O2S. The van der Waals surface area contributed by atoms with Crippen LogP contribution in [0.1, 0.15) is 16.2 Å². The van der Waals surface area contributed by atoms with E-state index in [1.54, 1.807) is 16.6 Å². The zero-order valence-electron chi connectivity index (χ0n) is 19.8. The SMILES string of the molecule is O=C(NCCc1nnc2ccc(SCC(=O)N3CCN(c4ccccc4)CC3)nn12)c1ccccc1.